The highest BCUT2D eigenvalue weighted by atomic mass is 16.5. The lowest BCUT2D eigenvalue weighted by atomic mass is 9.96. The summed E-state index contributed by atoms with van der Waals surface area (Å²) in [5.74, 6) is 5.19. The summed E-state index contributed by atoms with van der Waals surface area (Å²) in [6.07, 6.45) is 11.6. The Morgan fingerprint density at radius 1 is 1.00 bits per heavy atom. The molecule has 0 amide bonds. The van der Waals surface area contributed by atoms with E-state index in [0.29, 0.717) is 11.8 Å². The average molecular weight is 351 g/mol. The molecule has 26 heavy (non-hydrogen) atoms. The number of nitrogens with zero attached hydrogens (tertiary/aromatic N) is 7. The lowest BCUT2D eigenvalue weighted by molar-refractivity contribution is 0.364. The van der Waals surface area contributed by atoms with Gasteiger partial charge in [0.05, 0.1) is 12.4 Å². The second-order valence-corrected chi connectivity index (χ2v) is 7.11. The molecule has 1 saturated heterocycles. The first-order valence-corrected chi connectivity index (χ1v) is 9.19. The van der Waals surface area contributed by atoms with Gasteiger partial charge in [0.15, 0.2) is 11.6 Å². The number of imidazole rings is 1. The largest absolute Gasteiger partial charge is 0.355 e. The Balaban J connectivity index is 1.28. The third-order valence-electron chi connectivity index (χ3n) is 5.25. The van der Waals surface area contributed by atoms with E-state index in [4.69, 9.17) is 9.51 Å². The maximum Gasteiger partial charge on any atom is 0.229 e. The highest BCUT2D eigenvalue weighted by molar-refractivity contribution is 5.40. The van der Waals surface area contributed by atoms with Gasteiger partial charge < -0.3 is 9.42 Å². The highest BCUT2D eigenvalue weighted by Gasteiger charge is 2.32. The topological polar surface area (TPSA) is 85.8 Å². The van der Waals surface area contributed by atoms with E-state index in [1.807, 2.05) is 23.9 Å². The Morgan fingerprint density at radius 2 is 1.81 bits per heavy atom. The van der Waals surface area contributed by atoms with E-state index in [2.05, 4.69) is 25.0 Å². The van der Waals surface area contributed by atoms with Crippen molar-refractivity contribution in [2.45, 2.75) is 44.4 Å². The fraction of sp³-hybridized carbons (Fsp3) is 0.500. The van der Waals surface area contributed by atoms with Crippen LogP contribution in [0, 0.1) is 6.92 Å². The first kappa shape index (κ1) is 15.5. The number of hydrogen-bond donors (Lipinski definition) is 0. The molecule has 1 aliphatic heterocycles. The van der Waals surface area contributed by atoms with Crippen LogP contribution in [0.1, 0.15) is 55.1 Å². The van der Waals surface area contributed by atoms with E-state index in [1.54, 1.807) is 12.4 Å². The summed E-state index contributed by atoms with van der Waals surface area (Å²) in [5, 5.41) is 4.21. The maximum absolute atomic E-state index is 5.42. The van der Waals surface area contributed by atoms with Crippen LogP contribution in [0.2, 0.25) is 0 Å². The molecule has 0 unspecified atom stereocenters. The predicted octanol–water partition coefficient (Wildman–Crippen LogP) is 2.62. The minimum Gasteiger partial charge on any atom is -0.355 e. The SMILES string of the molecule is Cc1nccn1-c1cncc(N2CCC(c3noc(C4CC4)n3)CC2)n1. The predicted molar refractivity (Wildman–Crippen MR) is 94.4 cm³/mol. The van der Waals surface area contributed by atoms with Crippen LogP contribution in [0.15, 0.2) is 29.3 Å². The molecule has 0 aromatic carbocycles. The number of hydrogen-bond acceptors (Lipinski definition) is 7. The molecule has 8 heteroatoms. The van der Waals surface area contributed by atoms with Crippen molar-refractivity contribution >= 4 is 5.82 Å². The molecule has 0 N–H and O–H groups in total. The van der Waals surface area contributed by atoms with Crippen LogP contribution in [0.3, 0.4) is 0 Å². The fourth-order valence-electron chi connectivity index (χ4n) is 3.51. The normalized spacial score (nSPS) is 18.4. The number of anilines is 1. The monoisotopic (exact) mass is 351 g/mol. The van der Waals surface area contributed by atoms with Crippen molar-refractivity contribution in [2.75, 3.05) is 18.0 Å². The van der Waals surface area contributed by atoms with E-state index in [9.17, 15) is 0 Å². The number of rotatable bonds is 4. The summed E-state index contributed by atoms with van der Waals surface area (Å²) >= 11 is 0. The van der Waals surface area contributed by atoms with Crippen LogP contribution in [0.4, 0.5) is 5.82 Å². The Hall–Kier alpha value is -2.77. The van der Waals surface area contributed by atoms with Gasteiger partial charge in [-0.2, -0.15) is 4.98 Å². The van der Waals surface area contributed by atoms with Gasteiger partial charge in [-0.1, -0.05) is 5.16 Å². The lowest BCUT2D eigenvalue weighted by Gasteiger charge is -2.31. The Bertz CT molecular complexity index is 906. The maximum atomic E-state index is 5.42. The van der Waals surface area contributed by atoms with Crippen molar-refractivity contribution in [3.05, 3.63) is 42.3 Å². The summed E-state index contributed by atoms with van der Waals surface area (Å²) in [7, 11) is 0. The molecule has 2 fully saturated rings. The van der Waals surface area contributed by atoms with E-state index in [0.717, 1.165) is 55.1 Å². The first-order valence-electron chi connectivity index (χ1n) is 9.19. The van der Waals surface area contributed by atoms with Gasteiger partial charge in [-0.3, -0.25) is 9.55 Å². The third-order valence-corrected chi connectivity index (χ3v) is 5.25. The zero-order valence-corrected chi connectivity index (χ0v) is 14.7. The molecule has 1 saturated carbocycles. The smallest absolute Gasteiger partial charge is 0.229 e. The Kier molecular flexibility index (Phi) is 3.69. The van der Waals surface area contributed by atoms with E-state index >= 15 is 0 Å². The molecule has 8 nitrogen and oxygen atoms in total. The third kappa shape index (κ3) is 2.85. The van der Waals surface area contributed by atoms with Gasteiger partial charge >= 0.3 is 0 Å². The Labute approximate surface area is 151 Å². The van der Waals surface area contributed by atoms with Crippen molar-refractivity contribution in [3.63, 3.8) is 0 Å². The number of aryl methyl sites for hydroxylation is 1. The molecular weight excluding hydrogens is 330 g/mol. The molecule has 3 aromatic heterocycles. The van der Waals surface area contributed by atoms with Crippen LogP contribution in [-0.2, 0) is 0 Å². The summed E-state index contributed by atoms with van der Waals surface area (Å²) in [5.41, 5.74) is 0. The average Bonchev–Trinajstić information content (AvgIpc) is 3.25. The molecule has 0 spiro atoms. The molecule has 2 aliphatic rings. The van der Waals surface area contributed by atoms with Crippen LogP contribution in [0.5, 0.6) is 0 Å². The summed E-state index contributed by atoms with van der Waals surface area (Å²) in [4.78, 5) is 20.3. The zero-order valence-electron chi connectivity index (χ0n) is 14.7. The van der Waals surface area contributed by atoms with E-state index in [1.165, 1.54) is 12.8 Å². The molecule has 134 valence electrons. The van der Waals surface area contributed by atoms with Crippen molar-refractivity contribution in [2.24, 2.45) is 0 Å². The van der Waals surface area contributed by atoms with Crippen molar-refractivity contribution in [3.8, 4) is 5.82 Å². The van der Waals surface area contributed by atoms with Gasteiger partial charge in [0, 0.05) is 37.3 Å². The quantitative estimate of drug-likeness (QED) is 0.714. The summed E-state index contributed by atoms with van der Waals surface area (Å²) < 4.78 is 7.36. The Morgan fingerprint density at radius 3 is 2.54 bits per heavy atom. The van der Waals surface area contributed by atoms with Gasteiger partial charge in [0.1, 0.15) is 11.6 Å². The summed E-state index contributed by atoms with van der Waals surface area (Å²) in [6, 6.07) is 0. The molecular formula is C18H21N7O. The number of piperidine rings is 1. The van der Waals surface area contributed by atoms with Gasteiger partial charge in [-0.05, 0) is 32.6 Å². The molecule has 0 bridgehead atoms. The number of aromatic nitrogens is 6. The van der Waals surface area contributed by atoms with Crippen molar-refractivity contribution in [1.29, 1.82) is 0 Å². The van der Waals surface area contributed by atoms with Gasteiger partial charge in [0.2, 0.25) is 5.89 Å². The molecule has 1 aliphatic carbocycles. The molecule has 4 heterocycles. The standard InChI is InChI=1S/C18H21N7O/c1-12-20-6-9-25(12)16-11-19-10-15(21-16)24-7-4-13(5-8-24)17-22-18(26-23-17)14-2-3-14/h6,9-11,13-14H,2-5,7-8H2,1H3. The molecule has 0 atom stereocenters. The van der Waals surface area contributed by atoms with Gasteiger partial charge in [0.25, 0.3) is 0 Å². The molecule has 0 radical (unpaired) electrons. The second kappa shape index (κ2) is 6.19. The molecule has 3 aromatic rings. The van der Waals surface area contributed by atoms with Crippen LogP contribution in [-0.4, -0.2) is 42.7 Å². The van der Waals surface area contributed by atoms with Crippen LogP contribution >= 0.6 is 0 Å². The van der Waals surface area contributed by atoms with Gasteiger partial charge in [-0.25, -0.2) is 9.97 Å². The second-order valence-electron chi connectivity index (χ2n) is 7.11. The summed E-state index contributed by atoms with van der Waals surface area (Å²) in [6.45, 7) is 3.79. The molecule has 5 rings (SSSR count). The van der Waals surface area contributed by atoms with Crippen molar-refractivity contribution < 1.29 is 4.52 Å². The zero-order chi connectivity index (χ0) is 17.5. The lowest BCUT2D eigenvalue weighted by Crippen LogP contribution is -2.34. The minimum atomic E-state index is 0.370. The van der Waals surface area contributed by atoms with Gasteiger partial charge in [-0.15, -0.1) is 0 Å². The fourth-order valence-corrected chi connectivity index (χ4v) is 3.51. The van der Waals surface area contributed by atoms with E-state index < -0.39 is 0 Å². The first-order chi connectivity index (χ1) is 12.8. The highest BCUT2D eigenvalue weighted by Crippen LogP contribution is 2.40. The van der Waals surface area contributed by atoms with E-state index in [-0.39, 0.29) is 0 Å². The van der Waals surface area contributed by atoms with Crippen molar-refractivity contribution in [1.82, 2.24) is 29.7 Å². The van der Waals surface area contributed by atoms with Crippen LogP contribution in [0.25, 0.3) is 5.82 Å². The van der Waals surface area contributed by atoms with Crippen LogP contribution < -0.4 is 4.90 Å². The minimum absolute atomic E-state index is 0.370.